The van der Waals surface area contributed by atoms with E-state index in [-0.39, 0.29) is 6.42 Å². The average molecular weight is 376 g/mol. The maximum Gasteiger partial charge on any atom is 0.369 e. The predicted octanol–water partition coefficient (Wildman–Crippen LogP) is 1.34. The van der Waals surface area contributed by atoms with Crippen molar-refractivity contribution in [3.63, 3.8) is 0 Å². The quantitative estimate of drug-likeness (QED) is 0.355. The van der Waals surface area contributed by atoms with E-state index in [0.29, 0.717) is 12.8 Å². The van der Waals surface area contributed by atoms with Crippen molar-refractivity contribution in [1.82, 2.24) is 9.97 Å². The maximum absolute atomic E-state index is 11.3. The first-order valence-corrected chi connectivity index (χ1v) is 10.3. The summed E-state index contributed by atoms with van der Waals surface area (Å²) in [7, 11) is -10.8. The van der Waals surface area contributed by atoms with Crippen LogP contribution in [0.2, 0.25) is 0 Å². The number of nitrogens with zero attached hydrogens (tertiary/aromatic N) is 2. The summed E-state index contributed by atoms with van der Waals surface area (Å²) in [5.74, 6) is 0. The second kappa shape index (κ2) is 6.98. The van der Waals surface area contributed by atoms with Gasteiger partial charge in [-0.05, 0) is 31.7 Å². The van der Waals surface area contributed by atoms with Crippen LogP contribution in [0.1, 0.15) is 25.0 Å². The van der Waals surface area contributed by atoms with Gasteiger partial charge in [-0.1, -0.05) is 18.2 Å². The van der Waals surface area contributed by atoms with Crippen molar-refractivity contribution in [1.29, 1.82) is 0 Å². The van der Waals surface area contributed by atoms with E-state index in [1.807, 2.05) is 24.3 Å². The summed E-state index contributed by atoms with van der Waals surface area (Å²) in [6.07, 6.45) is 1.44. The van der Waals surface area contributed by atoms with Gasteiger partial charge in [0, 0.05) is 5.39 Å². The van der Waals surface area contributed by atoms with Gasteiger partial charge >= 0.3 is 15.2 Å². The summed E-state index contributed by atoms with van der Waals surface area (Å²) in [4.78, 5) is 44.6. The summed E-state index contributed by atoms with van der Waals surface area (Å²) in [5, 5.41) is 7.28. The molecule has 0 radical (unpaired) electrons. The Kier molecular flexibility index (Phi) is 5.57. The molecule has 132 valence electrons. The number of benzene rings is 1. The fourth-order valence-electron chi connectivity index (χ4n) is 2.38. The number of aryl methyl sites for hydroxylation is 1. The first kappa shape index (κ1) is 19.1. The number of para-hydroxylation sites is 1. The highest BCUT2D eigenvalue weighted by Crippen LogP contribution is 2.69. The van der Waals surface area contributed by atoms with Crippen LogP contribution in [0.4, 0.5) is 0 Å². The topological polar surface area (TPSA) is 161 Å². The summed E-state index contributed by atoms with van der Waals surface area (Å²) in [6.45, 7) is 0. The van der Waals surface area contributed by atoms with Gasteiger partial charge in [-0.15, -0.1) is 0 Å². The monoisotopic (exact) mass is 376 g/mol. The zero-order chi connectivity index (χ0) is 18.0. The van der Waals surface area contributed by atoms with Crippen molar-refractivity contribution >= 4 is 26.1 Å². The normalized spacial score (nSPS) is 13.4. The fraction of sp³-hybridized carbons (Fsp3) is 0.385. The molecule has 2 aromatic rings. The van der Waals surface area contributed by atoms with E-state index >= 15 is 0 Å². The standard InChI is InChI=1S/C13H18N2O7P2/c16-13(23(17,18)19,24(20,21)22)8-4-3-7-12-10-5-1-2-6-11(10)14-9-15-12/h1-2,5-6,9,16H,3-4,7-8H2,(H2,17,18,19)(H2,20,21,22). The van der Waals surface area contributed by atoms with Crippen LogP contribution in [0.3, 0.4) is 0 Å². The lowest BCUT2D eigenvalue weighted by atomic mass is 10.1. The summed E-state index contributed by atoms with van der Waals surface area (Å²) < 4.78 is 22.5. The molecule has 0 spiro atoms. The Bertz CT molecular complexity index is 790. The van der Waals surface area contributed by atoms with E-state index < -0.39 is 26.7 Å². The van der Waals surface area contributed by atoms with Crippen molar-refractivity contribution in [2.45, 2.75) is 30.8 Å². The molecule has 9 nitrogen and oxygen atoms in total. The van der Waals surface area contributed by atoms with Gasteiger partial charge < -0.3 is 24.7 Å². The molecule has 0 saturated heterocycles. The molecule has 0 amide bonds. The van der Waals surface area contributed by atoms with Gasteiger partial charge in [0.2, 0.25) is 0 Å². The molecule has 0 bridgehead atoms. The first-order valence-electron chi connectivity index (χ1n) is 7.08. The first-order chi connectivity index (χ1) is 11.1. The van der Waals surface area contributed by atoms with Crippen LogP contribution >= 0.6 is 15.2 Å². The lowest BCUT2D eigenvalue weighted by Gasteiger charge is -2.29. The molecule has 0 unspecified atom stereocenters. The second-order valence-electron chi connectivity index (χ2n) is 5.41. The highest BCUT2D eigenvalue weighted by atomic mass is 31.2. The largest absolute Gasteiger partial charge is 0.369 e. The van der Waals surface area contributed by atoms with Crippen LogP contribution in [0.5, 0.6) is 0 Å². The summed E-state index contributed by atoms with van der Waals surface area (Å²) in [5.41, 5.74) is 1.47. The van der Waals surface area contributed by atoms with Gasteiger partial charge in [0.25, 0.3) is 5.08 Å². The fourth-order valence-corrected chi connectivity index (χ4v) is 4.63. The molecule has 11 heteroatoms. The summed E-state index contributed by atoms with van der Waals surface area (Å²) in [6, 6.07) is 7.32. The van der Waals surface area contributed by atoms with E-state index in [1.54, 1.807) is 0 Å². The number of rotatable bonds is 7. The summed E-state index contributed by atoms with van der Waals surface area (Å²) >= 11 is 0. The average Bonchev–Trinajstić information content (AvgIpc) is 2.49. The Labute approximate surface area is 137 Å². The van der Waals surface area contributed by atoms with Crippen molar-refractivity contribution in [3.8, 4) is 0 Å². The third-order valence-electron chi connectivity index (χ3n) is 3.73. The van der Waals surface area contributed by atoms with Crippen LogP contribution in [0.15, 0.2) is 30.6 Å². The molecule has 0 aliphatic heterocycles. The lowest BCUT2D eigenvalue weighted by molar-refractivity contribution is 0.120. The zero-order valence-corrected chi connectivity index (χ0v) is 14.3. The Balaban J connectivity index is 2.06. The Hall–Kier alpha value is -1.18. The number of hydrogen-bond donors (Lipinski definition) is 5. The van der Waals surface area contributed by atoms with Crippen LogP contribution in [0, 0.1) is 0 Å². The van der Waals surface area contributed by atoms with Crippen molar-refractivity contribution in [2.24, 2.45) is 0 Å². The van der Waals surface area contributed by atoms with E-state index in [0.717, 1.165) is 16.6 Å². The third-order valence-corrected chi connectivity index (χ3v) is 7.61. The minimum Gasteiger partial charge on any atom is -0.368 e. The molecule has 1 heterocycles. The molecule has 0 aliphatic rings. The minimum absolute atomic E-state index is 0.00501. The van der Waals surface area contributed by atoms with E-state index in [9.17, 15) is 14.2 Å². The van der Waals surface area contributed by atoms with Gasteiger partial charge in [-0.25, -0.2) is 9.97 Å². The molecular formula is C13H18N2O7P2. The van der Waals surface area contributed by atoms with Crippen molar-refractivity contribution in [2.75, 3.05) is 0 Å². The minimum atomic E-state index is -5.39. The molecule has 0 atom stereocenters. The van der Waals surface area contributed by atoms with Crippen molar-refractivity contribution in [3.05, 3.63) is 36.3 Å². The zero-order valence-electron chi connectivity index (χ0n) is 12.6. The van der Waals surface area contributed by atoms with Gasteiger partial charge in [0.05, 0.1) is 11.2 Å². The molecular weight excluding hydrogens is 358 g/mol. The Morgan fingerprint density at radius 2 is 1.58 bits per heavy atom. The van der Waals surface area contributed by atoms with Crippen molar-refractivity contribution < 1.29 is 33.8 Å². The van der Waals surface area contributed by atoms with Gasteiger partial charge in [-0.3, -0.25) is 9.13 Å². The van der Waals surface area contributed by atoms with Crippen LogP contribution in [0.25, 0.3) is 10.9 Å². The number of unbranched alkanes of at least 4 members (excludes halogenated alkanes) is 1. The van der Waals surface area contributed by atoms with E-state index in [1.165, 1.54) is 6.33 Å². The Morgan fingerprint density at radius 1 is 0.958 bits per heavy atom. The predicted molar refractivity (Wildman–Crippen MR) is 86.1 cm³/mol. The molecule has 0 saturated carbocycles. The van der Waals surface area contributed by atoms with Gasteiger partial charge in [-0.2, -0.15) is 0 Å². The number of aromatic nitrogens is 2. The second-order valence-corrected chi connectivity index (χ2v) is 9.42. The highest BCUT2D eigenvalue weighted by molar-refractivity contribution is 7.72. The SMILES string of the molecule is O=P(O)(O)C(O)(CCCCc1ncnc2ccccc12)P(=O)(O)O. The molecule has 1 aromatic heterocycles. The lowest BCUT2D eigenvalue weighted by Crippen LogP contribution is -2.28. The number of fused-ring (bicyclic) bond motifs is 1. The molecule has 2 rings (SSSR count). The van der Waals surface area contributed by atoms with E-state index in [2.05, 4.69) is 9.97 Å². The molecule has 24 heavy (non-hydrogen) atoms. The third kappa shape index (κ3) is 3.90. The van der Waals surface area contributed by atoms with Gasteiger partial charge in [0.15, 0.2) is 0 Å². The molecule has 0 fully saturated rings. The molecule has 1 aromatic carbocycles. The Morgan fingerprint density at radius 3 is 2.21 bits per heavy atom. The molecule has 0 aliphatic carbocycles. The maximum atomic E-state index is 11.3. The van der Waals surface area contributed by atoms with Gasteiger partial charge in [0.1, 0.15) is 6.33 Å². The smallest absolute Gasteiger partial charge is 0.368 e. The highest BCUT2D eigenvalue weighted by Gasteiger charge is 2.58. The van der Waals surface area contributed by atoms with Crippen LogP contribution in [-0.4, -0.2) is 39.7 Å². The number of hydrogen-bond acceptors (Lipinski definition) is 5. The van der Waals surface area contributed by atoms with Crippen LogP contribution < -0.4 is 0 Å². The number of aliphatic hydroxyl groups is 1. The van der Waals surface area contributed by atoms with E-state index in [4.69, 9.17) is 19.6 Å². The van der Waals surface area contributed by atoms with Crippen LogP contribution in [-0.2, 0) is 15.6 Å². The molecule has 5 N–H and O–H groups in total.